The summed E-state index contributed by atoms with van der Waals surface area (Å²) in [4.78, 5) is 12.3. The predicted molar refractivity (Wildman–Crippen MR) is 171 cm³/mol. The maximum Gasteiger partial charge on any atom is 0.226 e. The van der Waals surface area contributed by atoms with Gasteiger partial charge in [-0.25, -0.2) is 13.4 Å². The van der Waals surface area contributed by atoms with Crippen molar-refractivity contribution in [2.24, 2.45) is 21.0 Å². The molecule has 0 bridgehead atoms. The fourth-order valence-corrected chi connectivity index (χ4v) is 6.93. The molecule has 226 valence electrons. The zero-order chi connectivity index (χ0) is 30.0. The summed E-state index contributed by atoms with van der Waals surface area (Å²) >= 11 is 0. The molecule has 2 aromatic carbocycles. The second-order valence-electron chi connectivity index (χ2n) is 11.7. The number of benzene rings is 2. The molecule has 3 heterocycles. The Balaban J connectivity index is 1.45. The summed E-state index contributed by atoms with van der Waals surface area (Å²) in [5.74, 6) is 2.02. The van der Waals surface area contributed by atoms with Crippen LogP contribution < -0.4 is 20.8 Å². The second kappa shape index (κ2) is 12.4. The molecule has 2 unspecified atom stereocenters. The molecule has 10 nitrogen and oxygen atoms in total. The van der Waals surface area contributed by atoms with E-state index in [0.717, 1.165) is 43.9 Å². The summed E-state index contributed by atoms with van der Waals surface area (Å²) < 4.78 is 32.5. The second-order valence-corrected chi connectivity index (χ2v) is 14.2. The lowest BCUT2D eigenvalue weighted by molar-refractivity contribution is 0.221. The van der Waals surface area contributed by atoms with Crippen LogP contribution in [0, 0.1) is 12.8 Å². The number of nitrogens with one attached hydrogen (secondary N) is 3. The van der Waals surface area contributed by atoms with Gasteiger partial charge < -0.3 is 20.3 Å². The van der Waals surface area contributed by atoms with E-state index in [1.165, 1.54) is 11.1 Å². The number of hydrazone groups is 1. The van der Waals surface area contributed by atoms with Crippen LogP contribution in [0.3, 0.4) is 0 Å². The van der Waals surface area contributed by atoms with Crippen molar-refractivity contribution in [1.29, 1.82) is 0 Å². The number of fused-ring (bicyclic) bond motifs is 1. The van der Waals surface area contributed by atoms with E-state index < -0.39 is 21.3 Å². The normalized spacial score (nSPS) is 21.1. The van der Waals surface area contributed by atoms with Gasteiger partial charge in [-0.2, -0.15) is 10.1 Å². The lowest BCUT2D eigenvalue weighted by Gasteiger charge is -2.32. The fourth-order valence-electron chi connectivity index (χ4n) is 5.72. The third kappa shape index (κ3) is 6.32. The highest BCUT2D eigenvalue weighted by Crippen LogP contribution is 2.37. The van der Waals surface area contributed by atoms with Crippen LogP contribution in [0.2, 0.25) is 0 Å². The van der Waals surface area contributed by atoms with Crippen molar-refractivity contribution in [2.75, 3.05) is 30.3 Å². The average molecular weight is 594 g/mol. The van der Waals surface area contributed by atoms with E-state index >= 15 is 0 Å². The number of rotatable bonds is 9. The molecule has 5 rings (SSSR count). The van der Waals surface area contributed by atoms with E-state index in [9.17, 15) is 8.42 Å². The molecular weight excluding hydrogens is 550 g/mol. The van der Waals surface area contributed by atoms with Gasteiger partial charge in [0.25, 0.3) is 0 Å². The Bertz CT molecular complexity index is 1490. The van der Waals surface area contributed by atoms with Crippen molar-refractivity contribution in [2.45, 2.75) is 82.7 Å². The quantitative estimate of drug-likeness (QED) is 0.375. The summed E-state index contributed by atoms with van der Waals surface area (Å²) in [6.07, 6.45) is 3.48. The highest BCUT2D eigenvalue weighted by Gasteiger charge is 2.34. The minimum atomic E-state index is -3.51. The molecule has 1 fully saturated rings. The molecule has 0 radical (unpaired) electrons. The zero-order valence-electron chi connectivity index (χ0n) is 25.4. The first-order chi connectivity index (χ1) is 20.1. The Labute approximate surface area is 249 Å². The van der Waals surface area contributed by atoms with Crippen molar-refractivity contribution in [1.82, 2.24) is 10.3 Å². The van der Waals surface area contributed by atoms with E-state index in [1.54, 1.807) is 38.3 Å². The third-order valence-corrected chi connectivity index (χ3v) is 10.3. The van der Waals surface area contributed by atoms with Crippen LogP contribution in [-0.4, -0.2) is 68.5 Å². The first-order valence-corrected chi connectivity index (χ1v) is 16.5. The monoisotopic (exact) mass is 593 g/mol. The topological polar surface area (TPSA) is 120 Å². The van der Waals surface area contributed by atoms with E-state index in [4.69, 9.17) is 14.7 Å². The van der Waals surface area contributed by atoms with Gasteiger partial charge in [0, 0.05) is 6.21 Å². The number of hydrogen-bond acceptors (Lipinski definition) is 10. The molecule has 3 aliphatic heterocycles. The van der Waals surface area contributed by atoms with Gasteiger partial charge in [0.15, 0.2) is 9.84 Å². The first-order valence-electron chi connectivity index (χ1n) is 14.9. The summed E-state index contributed by atoms with van der Waals surface area (Å²) in [6.45, 7) is 15.1. The molecular formula is C31H43N7O3S. The Morgan fingerprint density at radius 1 is 1.10 bits per heavy atom. The smallest absolute Gasteiger partial charge is 0.226 e. The Hall–Kier alpha value is -3.44. The number of anilines is 2. The van der Waals surface area contributed by atoms with Gasteiger partial charge in [0.1, 0.15) is 17.8 Å². The van der Waals surface area contributed by atoms with Crippen LogP contribution in [0.15, 0.2) is 56.4 Å². The molecule has 0 spiro atoms. The number of nitrogens with zero attached hydrogens (tertiary/aromatic N) is 4. The summed E-state index contributed by atoms with van der Waals surface area (Å²) in [5.41, 5.74) is 6.80. The van der Waals surface area contributed by atoms with Crippen molar-refractivity contribution in [3.63, 3.8) is 0 Å². The number of aryl methyl sites for hydroxylation is 1. The standard InChI is InChI=1S/C31H43N7O3S/c1-7-38-14-12-22(13-15-38)23-17-27(41-19(2)3)26(16-21(23)6)34-31-35-29(24-18-32-37-30(24)36-31)33-25-10-8-9-11-28(25)42(39,40)20(4)5/h8-11,16-20,22,24,29,33H,7,12-15H2,1-6H3,(H2,34,35,36,37). The van der Waals surface area contributed by atoms with Gasteiger partial charge >= 0.3 is 0 Å². The third-order valence-electron chi connectivity index (χ3n) is 8.13. The minimum Gasteiger partial charge on any atom is -0.489 e. The fraction of sp³-hybridized carbons (Fsp3) is 0.516. The molecule has 11 heteroatoms. The van der Waals surface area contributed by atoms with Crippen molar-refractivity contribution >= 4 is 39.2 Å². The zero-order valence-corrected chi connectivity index (χ0v) is 26.2. The van der Waals surface area contributed by atoms with E-state index in [0.29, 0.717) is 23.4 Å². The van der Waals surface area contributed by atoms with Crippen LogP contribution in [0.5, 0.6) is 5.75 Å². The number of likely N-dealkylation sites (tertiary alicyclic amines) is 1. The van der Waals surface area contributed by atoms with Crippen LogP contribution in [-0.2, 0) is 9.84 Å². The summed E-state index contributed by atoms with van der Waals surface area (Å²) in [7, 11) is -3.51. The van der Waals surface area contributed by atoms with Crippen LogP contribution in [0.25, 0.3) is 0 Å². The van der Waals surface area contributed by atoms with E-state index in [2.05, 4.69) is 52.0 Å². The lowest BCUT2D eigenvalue weighted by Crippen LogP contribution is -2.41. The molecule has 0 saturated carbocycles. The summed E-state index contributed by atoms with van der Waals surface area (Å²) in [5, 5.41) is 10.4. The van der Waals surface area contributed by atoms with Crippen LogP contribution in [0.1, 0.15) is 64.5 Å². The predicted octanol–water partition coefficient (Wildman–Crippen LogP) is 4.99. The molecule has 0 aliphatic carbocycles. The molecule has 3 aliphatic rings. The highest BCUT2D eigenvalue weighted by molar-refractivity contribution is 7.92. The number of hydrogen-bond donors (Lipinski definition) is 3. The van der Waals surface area contributed by atoms with Crippen molar-refractivity contribution < 1.29 is 13.2 Å². The average Bonchev–Trinajstić information content (AvgIpc) is 3.43. The van der Waals surface area contributed by atoms with Gasteiger partial charge in [-0.3, -0.25) is 5.43 Å². The number of piperidine rings is 1. The molecule has 1 saturated heterocycles. The van der Waals surface area contributed by atoms with Gasteiger partial charge in [0.2, 0.25) is 5.96 Å². The number of guanidine groups is 1. The van der Waals surface area contributed by atoms with E-state index in [1.807, 2.05) is 19.9 Å². The van der Waals surface area contributed by atoms with Crippen LogP contribution in [0.4, 0.5) is 11.4 Å². The largest absolute Gasteiger partial charge is 0.489 e. The Morgan fingerprint density at radius 2 is 1.83 bits per heavy atom. The van der Waals surface area contributed by atoms with Crippen molar-refractivity contribution in [3.05, 3.63) is 47.5 Å². The van der Waals surface area contributed by atoms with Gasteiger partial charge in [-0.1, -0.05) is 19.1 Å². The molecule has 0 amide bonds. The molecule has 2 atom stereocenters. The highest BCUT2D eigenvalue weighted by atomic mass is 32.2. The molecule has 42 heavy (non-hydrogen) atoms. The molecule has 3 N–H and O–H groups in total. The lowest BCUT2D eigenvalue weighted by atomic mass is 9.86. The SMILES string of the molecule is CCN1CCC(c2cc(OC(C)C)c(NC3=NC(Nc4ccccc4S(=O)(=O)C(C)C)C4C=NNC4=N3)cc2C)CC1. The number of sulfone groups is 1. The maximum atomic E-state index is 13.1. The van der Waals surface area contributed by atoms with Gasteiger partial charge in [0.05, 0.1) is 33.5 Å². The molecule has 2 aromatic rings. The van der Waals surface area contributed by atoms with E-state index in [-0.39, 0.29) is 16.9 Å². The Kier molecular flexibility index (Phi) is 8.89. The van der Waals surface area contributed by atoms with Gasteiger partial charge in [-0.15, -0.1) is 0 Å². The first kappa shape index (κ1) is 30.0. The number of para-hydroxylation sites is 1. The number of ether oxygens (including phenoxy) is 1. The van der Waals surface area contributed by atoms with Crippen LogP contribution >= 0.6 is 0 Å². The van der Waals surface area contributed by atoms with Crippen molar-refractivity contribution in [3.8, 4) is 5.75 Å². The molecule has 0 aromatic heterocycles. The number of amidine groups is 1. The minimum absolute atomic E-state index is 0.00856. The summed E-state index contributed by atoms with van der Waals surface area (Å²) in [6, 6.07) is 11.3. The Morgan fingerprint density at radius 3 is 2.52 bits per heavy atom. The van der Waals surface area contributed by atoms with Gasteiger partial charge in [-0.05, 0) is 108 Å². The number of aliphatic imine (C=N–C) groups is 2. The maximum absolute atomic E-state index is 13.1.